The quantitative estimate of drug-likeness (QED) is 0.242. The summed E-state index contributed by atoms with van der Waals surface area (Å²) < 4.78 is 19.7. The van der Waals surface area contributed by atoms with Crippen molar-refractivity contribution in [3.63, 3.8) is 0 Å². The van der Waals surface area contributed by atoms with Gasteiger partial charge in [0.2, 0.25) is 0 Å². The van der Waals surface area contributed by atoms with Gasteiger partial charge in [0.25, 0.3) is 0 Å². The van der Waals surface area contributed by atoms with Crippen LogP contribution in [0.25, 0.3) is 0 Å². The maximum absolute atomic E-state index is 14.7. The lowest BCUT2D eigenvalue weighted by Crippen LogP contribution is -2.05. The Morgan fingerprint density at radius 3 is 2.18 bits per heavy atom. The third-order valence-electron chi connectivity index (χ3n) is 5.07. The Labute approximate surface area is 171 Å². The van der Waals surface area contributed by atoms with Gasteiger partial charge in [-0.3, -0.25) is 4.79 Å². The smallest absolute Gasteiger partial charge is 0.302 e. The standard InChI is InChI=1S/C25H37FO2/c1-10-17(3)12-13-19(5)20(6)15-25(26)22(8)21(7)14-24(18(4)11-2)16-28-23(9)27/h14-15,17,19H,4,6-8,10-13,16H2,1-3,5,9H3/b24-14-,25-15+. The summed E-state index contributed by atoms with van der Waals surface area (Å²) in [5, 5.41) is 0. The van der Waals surface area contributed by atoms with Crippen molar-refractivity contribution >= 4 is 5.97 Å². The fourth-order valence-corrected chi connectivity index (χ4v) is 2.42. The molecule has 0 spiro atoms. The van der Waals surface area contributed by atoms with E-state index in [0.717, 1.165) is 30.4 Å². The summed E-state index contributed by atoms with van der Waals surface area (Å²) in [5.74, 6) is 0.0330. The molecule has 156 valence electrons. The first-order valence-electron chi connectivity index (χ1n) is 9.99. The Kier molecular flexibility index (Phi) is 12.1. The fraction of sp³-hybridized carbons (Fsp3) is 0.480. The SMILES string of the molecule is C=C(/C=C(/COC(C)=O)C(=C)CC)C(=C)/C(F)=C\C(=C)C(C)CCC(C)CC. The van der Waals surface area contributed by atoms with Gasteiger partial charge in [0.05, 0.1) is 0 Å². The van der Waals surface area contributed by atoms with Gasteiger partial charge >= 0.3 is 5.97 Å². The second-order valence-electron chi connectivity index (χ2n) is 7.47. The number of allylic oxidation sites excluding steroid dienone is 6. The Morgan fingerprint density at radius 1 is 1.07 bits per heavy atom. The van der Waals surface area contributed by atoms with Crippen LogP contribution in [0.5, 0.6) is 0 Å². The van der Waals surface area contributed by atoms with Crippen LogP contribution in [0.3, 0.4) is 0 Å². The zero-order valence-electron chi connectivity index (χ0n) is 18.4. The number of carbonyl (C=O) groups is 1. The molecule has 3 heteroatoms. The molecule has 0 N–H and O–H groups in total. The van der Waals surface area contributed by atoms with Gasteiger partial charge in [0, 0.05) is 12.5 Å². The zero-order valence-corrected chi connectivity index (χ0v) is 18.4. The van der Waals surface area contributed by atoms with E-state index in [9.17, 15) is 9.18 Å². The average molecular weight is 389 g/mol. The Hall–Kier alpha value is -2.16. The minimum atomic E-state index is -0.449. The van der Waals surface area contributed by atoms with E-state index in [1.54, 1.807) is 6.08 Å². The van der Waals surface area contributed by atoms with Crippen molar-refractivity contribution in [3.8, 4) is 0 Å². The third kappa shape index (κ3) is 9.68. The highest BCUT2D eigenvalue weighted by atomic mass is 19.1. The molecule has 0 radical (unpaired) electrons. The largest absolute Gasteiger partial charge is 0.461 e. The van der Waals surface area contributed by atoms with Gasteiger partial charge in [-0.1, -0.05) is 66.9 Å². The van der Waals surface area contributed by atoms with E-state index in [1.807, 2.05) is 6.92 Å². The molecule has 0 aromatic rings. The number of carbonyl (C=O) groups excluding carboxylic acids is 1. The van der Waals surface area contributed by atoms with E-state index in [0.29, 0.717) is 23.5 Å². The van der Waals surface area contributed by atoms with Crippen LogP contribution in [0, 0.1) is 11.8 Å². The van der Waals surface area contributed by atoms with Crippen molar-refractivity contribution in [1.82, 2.24) is 0 Å². The minimum absolute atomic E-state index is 0.0823. The number of esters is 1. The maximum Gasteiger partial charge on any atom is 0.302 e. The van der Waals surface area contributed by atoms with E-state index in [1.165, 1.54) is 13.0 Å². The highest BCUT2D eigenvalue weighted by Crippen LogP contribution is 2.27. The molecule has 2 nitrogen and oxygen atoms in total. The number of hydrogen-bond acceptors (Lipinski definition) is 2. The predicted molar refractivity (Wildman–Crippen MR) is 119 cm³/mol. The van der Waals surface area contributed by atoms with E-state index < -0.39 is 5.83 Å². The lowest BCUT2D eigenvalue weighted by molar-refractivity contribution is -0.139. The highest BCUT2D eigenvalue weighted by molar-refractivity contribution is 5.66. The molecule has 0 aliphatic carbocycles. The second kappa shape index (κ2) is 13.1. The lowest BCUT2D eigenvalue weighted by Gasteiger charge is -2.15. The van der Waals surface area contributed by atoms with Crippen molar-refractivity contribution in [2.24, 2.45) is 11.8 Å². The summed E-state index contributed by atoms with van der Waals surface area (Å²) in [5.41, 5.74) is 2.88. The van der Waals surface area contributed by atoms with Gasteiger partial charge in [-0.05, 0) is 59.1 Å². The number of rotatable bonds is 13. The second-order valence-corrected chi connectivity index (χ2v) is 7.47. The summed E-state index contributed by atoms with van der Waals surface area (Å²) in [6.45, 7) is 25.6. The number of halogens is 1. The predicted octanol–water partition coefficient (Wildman–Crippen LogP) is 7.43. The first kappa shape index (κ1) is 25.8. The van der Waals surface area contributed by atoms with Gasteiger partial charge in [0.1, 0.15) is 12.4 Å². The van der Waals surface area contributed by atoms with Crippen LogP contribution in [-0.4, -0.2) is 12.6 Å². The van der Waals surface area contributed by atoms with Gasteiger partial charge in [-0.15, -0.1) is 0 Å². The first-order valence-corrected chi connectivity index (χ1v) is 9.99. The fourth-order valence-electron chi connectivity index (χ4n) is 2.42. The van der Waals surface area contributed by atoms with Crippen LogP contribution < -0.4 is 0 Å². The molecule has 28 heavy (non-hydrogen) atoms. The van der Waals surface area contributed by atoms with Crippen molar-refractivity contribution in [2.45, 2.75) is 60.3 Å². The Bertz CT molecular complexity index is 664. The molecule has 0 rings (SSSR count). The molecule has 0 amide bonds. The van der Waals surface area contributed by atoms with Gasteiger partial charge < -0.3 is 4.74 Å². The van der Waals surface area contributed by atoms with Crippen LogP contribution in [0.1, 0.15) is 60.3 Å². The van der Waals surface area contributed by atoms with Gasteiger partial charge in [-0.2, -0.15) is 0 Å². The molecular weight excluding hydrogens is 351 g/mol. The Morgan fingerprint density at radius 2 is 1.68 bits per heavy atom. The summed E-state index contributed by atoms with van der Waals surface area (Å²) >= 11 is 0. The van der Waals surface area contributed by atoms with Crippen LogP contribution >= 0.6 is 0 Å². The number of ether oxygens (including phenoxy) is 1. The molecule has 2 unspecified atom stereocenters. The Balaban J connectivity index is 5.17. The van der Waals surface area contributed by atoms with Gasteiger partial charge in [0.15, 0.2) is 0 Å². The summed E-state index contributed by atoms with van der Waals surface area (Å²) in [6, 6.07) is 0. The summed E-state index contributed by atoms with van der Waals surface area (Å²) in [6.07, 6.45) is 7.04. The van der Waals surface area contributed by atoms with E-state index in [-0.39, 0.29) is 24.1 Å². The van der Waals surface area contributed by atoms with E-state index >= 15 is 0 Å². The minimum Gasteiger partial charge on any atom is -0.461 e. The van der Waals surface area contributed by atoms with Crippen LogP contribution in [-0.2, 0) is 9.53 Å². The van der Waals surface area contributed by atoms with E-state index in [2.05, 4.69) is 47.1 Å². The molecule has 0 heterocycles. The maximum atomic E-state index is 14.7. The van der Waals surface area contributed by atoms with Crippen molar-refractivity contribution in [2.75, 3.05) is 6.61 Å². The lowest BCUT2D eigenvalue weighted by atomic mass is 9.91. The molecule has 2 atom stereocenters. The normalized spacial score (nSPS) is 14.2. The first-order chi connectivity index (χ1) is 13.0. The zero-order chi connectivity index (χ0) is 21.9. The number of hydrogen-bond donors (Lipinski definition) is 0. The molecule has 0 bridgehead atoms. The molecule has 0 aliphatic rings. The molecule has 0 fully saturated rings. The molecule has 0 saturated heterocycles. The van der Waals surface area contributed by atoms with Crippen molar-refractivity contribution < 1.29 is 13.9 Å². The summed E-state index contributed by atoms with van der Waals surface area (Å²) in [7, 11) is 0. The third-order valence-corrected chi connectivity index (χ3v) is 5.07. The topological polar surface area (TPSA) is 26.3 Å². The van der Waals surface area contributed by atoms with Crippen LogP contribution in [0.4, 0.5) is 4.39 Å². The van der Waals surface area contributed by atoms with Crippen molar-refractivity contribution in [3.05, 3.63) is 72.2 Å². The van der Waals surface area contributed by atoms with Crippen LogP contribution in [0.15, 0.2) is 72.2 Å². The highest BCUT2D eigenvalue weighted by Gasteiger charge is 2.12. The molecule has 0 aromatic carbocycles. The summed E-state index contributed by atoms with van der Waals surface area (Å²) in [4.78, 5) is 11.1. The van der Waals surface area contributed by atoms with Crippen molar-refractivity contribution in [1.29, 1.82) is 0 Å². The van der Waals surface area contributed by atoms with E-state index in [4.69, 9.17) is 4.74 Å². The van der Waals surface area contributed by atoms with Gasteiger partial charge in [-0.25, -0.2) is 4.39 Å². The molecule has 0 aliphatic heterocycles. The molecule has 0 saturated carbocycles. The average Bonchev–Trinajstić information content (AvgIpc) is 2.66. The molecule has 0 aromatic heterocycles. The molecular formula is C25H37FO2. The van der Waals surface area contributed by atoms with Crippen LogP contribution in [0.2, 0.25) is 0 Å². The monoisotopic (exact) mass is 388 g/mol.